The van der Waals surface area contributed by atoms with Crippen molar-refractivity contribution in [2.75, 3.05) is 13.2 Å². The molecule has 6 N–H and O–H groups in total. The number of hydrogen-bond acceptors (Lipinski definition) is 8. The zero-order valence-electron chi connectivity index (χ0n) is 30.6. The summed E-state index contributed by atoms with van der Waals surface area (Å²) in [6.45, 7) is 7.32. The second kappa shape index (κ2) is 27.2. The lowest BCUT2D eigenvalue weighted by molar-refractivity contribution is -0.302. The lowest BCUT2D eigenvalue weighted by Gasteiger charge is -2.40. The standard InChI is InChI=1S/C39H71NO8/c1-5-7-9-11-13-15-16-17-18-19-21-23-25-27-32(42)31(30-47-37-36(45)35(44)34(43)33(29-41)48-37)40-38(46)39(3,4)28-26-24-22-20-14-12-10-8-6-2/h14,20,24-27,31-37,41-45H,5-13,15-19,21-23,28-30H2,1-4H3,(H,40,46)/b20-14-,26-24-,27-25+/t31-,32+,33?,34?,35?,36?,37?/m0/s1. The molecule has 0 saturated carbocycles. The molecule has 1 amide bonds. The minimum absolute atomic E-state index is 0.229. The van der Waals surface area contributed by atoms with Crippen molar-refractivity contribution in [3.05, 3.63) is 36.5 Å². The average Bonchev–Trinajstić information content (AvgIpc) is 3.07. The van der Waals surface area contributed by atoms with Gasteiger partial charge in [-0.15, -0.1) is 0 Å². The summed E-state index contributed by atoms with van der Waals surface area (Å²) in [6.07, 6.45) is 24.5. The van der Waals surface area contributed by atoms with Gasteiger partial charge in [0.05, 0.1) is 25.4 Å². The highest BCUT2D eigenvalue weighted by molar-refractivity contribution is 5.82. The van der Waals surface area contributed by atoms with Crippen LogP contribution in [0.25, 0.3) is 0 Å². The van der Waals surface area contributed by atoms with Crippen LogP contribution in [0.15, 0.2) is 36.5 Å². The third-order valence-electron chi connectivity index (χ3n) is 9.15. The van der Waals surface area contributed by atoms with Gasteiger partial charge >= 0.3 is 0 Å². The van der Waals surface area contributed by atoms with Crippen molar-refractivity contribution in [1.82, 2.24) is 5.32 Å². The molecule has 0 aromatic rings. The van der Waals surface area contributed by atoms with Crippen molar-refractivity contribution >= 4 is 5.91 Å². The molecule has 1 heterocycles. The van der Waals surface area contributed by atoms with Gasteiger partial charge in [0.25, 0.3) is 0 Å². The Morgan fingerprint density at radius 2 is 1.31 bits per heavy atom. The molecule has 0 radical (unpaired) electrons. The number of rotatable bonds is 28. The minimum atomic E-state index is -1.58. The number of hydrogen-bond donors (Lipinski definition) is 6. The molecule has 5 unspecified atom stereocenters. The zero-order valence-corrected chi connectivity index (χ0v) is 30.6. The molecule has 9 heteroatoms. The molecule has 0 spiro atoms. The first-order valence-corrected chi connectivity index (χ1v) is 19.0. The minimum Gasteiger partial charge on any atom is -0.394 e. The van der Waals surface area contributed by atoms with Crippen LogP contribution in [0, 0.1) is 5.41 Å². The summed E-state index contributed by atoms with van der Waals surface area (Å²) in [5, 5.41) is 54.2. The quantitative estimate of drug-likeness (QED) is 0.0410. The lowest BCUT2D eigenvalue weighted by Crippen LogP contribution is -2.60. The average molecular weight is 682 g/mol. The molecule has 1 aliphatic rings. The van der Waals surface area contributed by atoms with E-state index in [2.05, 4.69) is 37.4 Å². The van der Waals surface area contributed by atoms with Crippen molar-refractivity contribution < 1.29 is 39.8 Å². The predicted molar refractivity (Wildman–Crippen MR) is 193 cm³/mol. The Bertz CT molecular complexity index is 889. The highest BCUT2D eigenvalue weighted by Gasteiger charge is 2.44. The SMILES string of the molecule is CCCCC/C=C\C/C=C\CC(C)(C)C(=O)N[C@@H](COC1OC(CO)C(O)C(O)C1O)[C@H](O)/C=C/CCCCCCCCCCCCC. The number of carbonyl (C=O) groups is 1. The number of aliphatic hydroxyl groups excluding tert-OH is 5. The fourth-order valence-electron chi connectivity index (χ4n) is 5.66. The van der Waals surface area contributed by atoms with Crippen molar-refractivity contribution in [3.63, 3.8) is 0 Å². The summed E-state index contributed by atoms with van der Waals surface area (Å²) in [6, 6.07) is -0.868. The van der Waals surface area contributed by atoms with E-state index >= 15 is 0 Å². The van der Waals surface area contributed by atoms with E-state index in [4.69, 9.17) is 9.47 Å². The van der Waals surface area contributed by atoms with Crippen molar-refractivity contribution in [1.29, 1.82) is 0 Å². The van der Waals surface area contributed by atoms with Crippen LogP contribution in [-0.4, -0.2) is 87.5 Å². The Hall–Kier alpha value is -1.59. The van der Waals surface area contributed by atoms with Gasteiger partial charge in [0, 0.05) is 5.41 Å². The molecule has 48 heavy (non-hydrogen) atoms. The molecule has 9 nitrogen and oxygen atoms in total. The van der Waals surface area contributed by atoms with Gasteiger partial charge in [-0.3, -0.25) is 4.79 Å². The molecule has 1 fully saturated rings. The van der Waals surface area contributed by atoms with Gasteiger partial charge in [0.2, 0.25) is 5.91 Å². The summed E-state index contributed by atoms with van der Waals surface area (Å²) < 4.78 is 11.2. The summed E-state index contributed by atoms with van der Waals surface area (Å²) in [5.74, 6) is -0.262. The fourth-order valence-corrected chi connectivity index (χ4v) is 5.66. The van der Waals surface area contributed by atoms with Crippen molar-refractivity contribution in [2.45, 2.75) is 186 Å². The van der Waals surface area contributed by atoms with Crippen molar-refractivity contribution in [2.24, 2.45) is 5.41 Å². The molecule has 280 valence electrons. The fraction of sp³-hybridized carbons (Fsp3) is 0.821. The maximum atomic E-state index is 13.4. The van der Waals surface area contributed by atoms with Crippen LogP contribution in [-0.2, 0) is 14.3 Å². The van der Waals surface area contributed by atoms with E-state index in [-0.39, 0.29) is 12.5 Å². The monoisotopic (exact) mass is 682 g/mol. The normalized spacial score (nSPS) is 23.4. The van der Waals surface area contributed by atoms with Gasteiger partial charge in [-0.2, -0.15) is 0 Å². The van der Waals surface area contributed by atoms with E-state index in [9.17, 15) is 30.3 Å². The number of allylic oxidation sites excluding steroid dienone is 5. The van der Waals surface area contributed by atoms with Crippen LogP contribution in [0.3, 0.4) is 0 Å². The van der Waals surface area contributed by atoms with Crippen LogP contribution in [0.1, 0.15) is 143 Å². The molecule has 0 bridgehead atoms. The Morgan fingerprint density at radius 1 is 0.771 bits per heavy atom. The van der Waals surface area contributed by atoms with Gasteiger partial charge < -0.3 is 40.3 Å². The van der Waals surface area contributed by atoms with Crippen molar-refractivity contribution in [3.8, 4) is 0 Å². The van der Waals surface area contributed by atoms with Gasteiger partial charge in [-0.25, -0.2) is 0 Å². The smallest absolute Gasteiger partial charge is 0.226 e. The maximum absolute atomic E-state index is 13.4. The molecule has 7 atom stereocenters. The van der Waals surface area contributed by atoms with Gasteiger partial charge in [-0.05, 0) is 38.5 Å². The first kappa shape index (κ1) is 44.4. The van der Waals surface area contributed by atoms with Gasteiger partial charge in [0.15, 0.2) is 6.29 Å². The van der Waals surface area contributed by atoms with E-state index < -0.39 is 54.9 Å². The van der Waals surface area contributed by atoms with Crippen LogP contribution in [0.2, 0.25) is 0 Å². The topological polar surface area (TPSA) is 149 Å². The third-order valence-corrected chi connectivity index (χ3v) is 9.15. The molecular weight excluding hydrogens is 610 g/mol. The number of aliphatic hydroxyl groups is 5. The number of unbranched alkanes of at least 4 members (excludes halogenated alkanes) is 14. The highest BCUT2D eigenvalue weighted by atomic mass is 16.7. The Balaban J connectivity index is 2.69. The van der Waals surface area contributed by atoms with Crippen LogP contribution < -0.4 is 5.32 Å². The van der Waals surface area contributed by atoms with Crippen LogP contribution in [0.5, 0.6) is 0 Å². The molecule has 1 saturated heterocycles. The Labute approximate surface area is 291 Å². The number of ether oxygens (including phenoxy) is 2. The molecular formula is C39H71NO8. The molecule has 1 rings (SSSR count). The lowest BCUT2D eigenvalue weighted by atomic mass is 9.87. The summed E-state index contributed by atoms with van der Waals surface area (Å²) in [7, 11) is 0. The van der Waals surface area contributed by atoms with Gasteiger partial charge in [-0.1, -0.05) is 141 Å². The molecule has 0 aromatic heterocycles. The van der Waals surface area contributed by atoms with Crippen LogP contribution >= 0.6 is 0 Å². The summed E-state index contributed by atoms with van der Waals surface area (Å²) >= 11 is 0. The van der Waals surface area contributed by atoms with E-state index in [1.807, 2.05) is 26.0 Å². The van der Waals surface area contributed by atoms with Crippen LogP contribution in [0.4, 0.5) is 0 Å². The predicted octanol–water partition coefficient (Wildman–Crippen LogP) is 6.41. The van der Waals surface area contributed by atoms with E-state index in [1.54, 1.807) is 6.08 Å². The van der Waals surface area contributed by atoms with Gasteiger partial charge in [0.1, 0.15) is 24.4 Å². The zero-order chi connectivity index (χ0) is 35.6. The maximum Gasteiger partial charge on any atom is 0.226 e. The van der Waals surface area contributed by atoms with E-state index in [0.717, 1.165) is 32.1 Å². The van der Waals surface area contributed by atoms with E-state index in [0.29, 0.717) is 6.42 Å². The summed E-state index contributed by atoms with van der Waals surface area (Å²) in [5.41, 5.74) is -0.762. The first-order valence-electron chi connectivity index (χ1n) is 19.0. The second-order valence-electron chi connectivity index (χ2n) is 14.1. The number of nitrogens with one attached hydrogen (secondary N) is 1. The molecule has 0 aromatic carbocycles. The third kappa shape index (κ3) is 19.0. The first-order chi connectivity index (χ1) is 23.1. The van der Waals surface area contributed by atoms with E-state index in [1.165, 1.54) is 77.0 Å². The Kier molecular flexibility index (Phi) is 25.2. The Morgan fingerprint density at radius 3 is 1.94 bits per heavy atom. The second-order valence-corrected chi connectivity index (χ2v) is 14.1. The molecule has 1 aliphatic heterocycles. The number of carbonyl (C=O) groups excluding carboxylic acids is 1. The number of amides is 1. The molecule has 0 aliphatic carbocycles. The largest absolute Gasteiger partial charge is 0.394 e. The summed E-state index contributed by atoms with van der Waals surface area (Å²) in [4.78, 5) is 13.4. The highest BCUT2D eigenvalue weighted by Crippen LogP contribution is 2.24.